The van der Waals surface area contributed by atoms with Crippen LogP contribution in [0.2, 0.25) is 10.0 Å². The first-order valence-electron chi connectivity index (χ1n) is 7.45. The highest BCUT2D eigenvalue weighted by molar-refractivity contribution is 6.35. The van der Waals surface area contributed by atoms with E-state index in [1.165, 1.54) is 0 Å². The molecular formula is C16H23Cl2FN2. The van der Waals surface area contributed by atoms with Crippen molar-refractivity contribution >= 4 is 28.9 Å². The molecule has 0 bridgehead atoms. The van der Waals surface area contributed by atoms with E-state index < -0.39 is 5.82 Å². The van der Waals surface area contributed by atoms with E-state index in [0.717, 1.165) is 18.8 Å². The summed E-state index contributed by atoms with van der Waals surface area (Å²) in [5.41, 5.74) is 0.900. The van der Waals surface area contributed by atoms with Crippen molar-refractivity contribution < 1.29 is 4.39 Å². The smallest absolute Gasteiger partial charge is 0.160 e. The highest BCUT2D eigenvalue weighted by atomic mass is 35.5. The molecule has 1 heterocycles. The van der Waals surface area contributed by atoms with Crippen molar-refractivity contribution in [2.75, 3.05) is 18.0 Å². The van der Waals surface area contributed by atoms with Crippen molar-refractivity contribution in [1.82, 2.24) is 5.32 Å². The molecule has 0 spiro atoms. The van der Waals surface area contributed by atoms with Crippen LogP contribution in [0.5, 0.6) is 0 Å². The van der Waals surface area contributed by atoms with Gasteiger partial charge in [0.15, 0.2) is 5.82 Å². The van der Waals surface area contributed by atoms with Crippen LogP contribution in [0.1, 0.15) is 27.7 Å². The molecule has 0 amide bonds. The van der Waals surface area contributed by atoms with Crippen molar-refractivity contribution in [2.45, 2.75) is 39.8 Å². The van der Waals surface area contributed by atoms with E-state index in [1.54, 1.807) is 12.1 Å². The molecule has 2 rings (SSSR count). The van der Waals surface area contributed by atoms with Gasteiger partial charge in [0.25, 0.3) is 0 Å². The van der Waals surface area contributed by atoms with Crippen LogP contribution in [-0.4, -0.2) is 25.2 Å². The van der Waals surface area contributed by atoms with Gasteiger partial charge in [0, 0.05) is 30.9 Å². The van der Waals surface area contributed by atoms with Gasteiger partial charge in [-0.05, 0) is 24.0 Å². The van der Waals surface area contributed by atoms with E-state index in [4.69, 9.17) is 23.2 Å². The molecule has 118 valence electrons. The number of benzene rings is 1. The Bertz CT molecular complexity index is 482. The van der Waals surface area contributed by atoms with Gasteiger partial charge in [0.1, 0.15) is 0 Å². The maximum Gasteiger partial charge on any atom is 0.160 e. The highest BCUT2D eigenvalue weighted by Crippen LogP contribution is 2.32. The first kappa shape index (κ1) is 16.9. The number of nitrogens with zero attached hydrogens (tertiary/aromatic N) is 1. The molecule has 1 N–H and O–H groups in total. The molecule has 2 atom stereocenters. The van der Waals surface area contributed by atoms with Gasteiger partial charge in [-0.25, -0.2) is 4.39 Å². The monoisotopic (exact) mass is 332 g/mol. The molecule has 1 aliphatic heterocycles. The Kier molecular flexibility index (Phi) is 5.39. The van der Waals surface area contributed by atoms with Crippen molar-refractivity contribution in [3.63, 3.8) is 0 Å². The number of halogens is 3. The van der Waals surface area contributed by atoms with Gasteiger partial charge in [0.05, 0.1) is 10.0 Å². The van der Waals surface area contributed by atoms with E-state index >= 15 is 0 Å². The Hall–Kier alpha value is -0.510. The topological polar surface area (TPSA) is 15.3 Å². The minimum absolute atomic E-state index is 0.0830. The highest BCUT2D eigenvalue weighted by Gasteiger charge is 2.31. The van der Waals surface area contributed by atoms with Gasteiger partial charge < -0.3 is 10.2 Å². The normalized spacial score (nSPS) is 23.2. The average Bonchev–Trinajstić information content (AvgIpc) is 2.43. The summed E-state index contributed by atoms with van der Waals surface area (Å²) in [4.78, 5) is 2.31. The van der Waals surface area contributed by atoms with Gasteiger partial charge in [-0.15, -0.1) is 0 Å². The predicted molar refractivity (Wildman–Crippen MR) is 89.0 cm³/mol. The van der Waals surface area contributed by atoms with Crippen LogP contribution in [0, 0.1) is 17.7 Å². The van der Waals surface area contributed by atoms with Crippen LogP contribution in [0.3, 0.4) is 0 Å². The van der Waals surface area contributed by atoms with Crippen molar-refractivity contribution in [3.8, 4) is 0 Å². The maximum absolute atomic E-state index is 13.6. The SMILES string of the molecule is CC(C)C1CN(c2cc(Cl)c(F)c(Cl)c2)C(C(C)C)CN1. The third kappa shape index (κ3) is 3.64. The number of anilines is 1. The molecule has 1 aromatic rings. The predicted octanol–water partition coefficient (Wildman–Crippen LogP) is 4.59. The standard InChI is InChI=1S/C16H23Cl2FN2/c1-9(2)14-8-21(15(7-20-14)10(3)4)11-5-12(17)16(19)13(18)6-11/h5-6,9-10,14-15,20H,7-8H2,1-4H3. The Balaban J connectivity index is 2.35. The van der Waals surface area contributed by atoms with Crippen LogP contribution in [0.15, 0.2) is 12.1 Å². The number of nitrogens with one attached hydrogen (secondary N) is 1. The zero-order valence-corrected chi connectivity index (χ0v) is 14.5. The zero-order chi connectivity index (χ0) is 15.7. The largest absolute Gasteiger partial charge is 0.365 e. The lowest BCUT2D eigenvalue weighted by Crippen LogP contribution is -2.60. The average molecular weight is 333 g/mol. The number of hydrogen-bond donors (Lipinski definition) is 1. The second-order valence-electron chi connectivity index (χ2n) is 6.45. The first-order chi connectivity index (χ1) is 9.81. The summed E-state index contributed by atoms with van der Waals surface area (Å²) in [7, 11) is 0. The molecule has 1 aliphatic rings. The molecule has 1 fully saturated rings. The first-order valence-corrected chi connectivity index (χ1v) is 8.21. The number of rotatable bonds is 3. The minimum Gasteiger partial charge on any atom is -0.365 e. The molecule has 1 aromatic carbocycles. The summed E-state index contributed by atoms with van der Waals surface area (Å²) >= 11 is 11.9. The maximum atomic E-state index is 13.6. The van der Waals surface area contributed by atoms with Crippen LogP contribution >= 0.6 is 23.2 Å². The fourth-order valence-electron chi connectivity index (χ4n) is 2.84. The Morgan fingerprint density at radius 2 is 1.71 bits per heavy atom. The summed E-state index contributed by atoms with van der Waals surface area (Å²) in [6.07, 6.45) is 0. The molecule has 21 heavy (non-hydrogen) atoms. The third-order valence-corrected chi connectivity index (χ3v) is 4.81. The molecule has 5 heteroatoms. The van der Waals surface area contributed by atoms with Crippen molar-refractivity contribution in [3.05, 3.63) is 28.0 Å². The lowest BCUT2D eigenvalue weighted by molar-refractivity contribution is 0.295. The fraction of sp³-hybridized carbons (Fsp3) is 0.625. The lowest BCUT2D eigenvalue weighted by Gasteiger charge is -2.45. The Labute approximate surface area is 136 Å². The van der Waals surface area contributed by atoms with E-state index in [-0.39, 0.29) is 10.0 Å². The molecular weight excluding hydrogens is 310 g/mol. The van der Waals surface area contributed by atoms with Gasteiger partial charge >= 0.3 is 0 Å². The van der Waals surface area contributed by atoms with Crippen LogP contribution in [-0.2, 0) is 0 Å². The second-order valence-corrected chi connectivity index (χ2v) is 7.26. The van der Waals surface area contributed by atoms with E-state index in [1.807, 2.05) is 0 Å². The Morgan fingerprint density at radius 1 is 1.14 bits per heavy atom. The molecule has 2 nitrogen and oxygen atoms in total. The zero-order valence-electron chi connectivity index (χ0n) is 13.0. The second kappa shape index (κ2) is 6.72. The van der Waals surface area contributed by atoms with E-state index in [0.29, 0.717) is 23.9 Å². The summed E-state index contributed by atoms with van der Waals surface area (Å²) in [6.45, 7) is 10.6. The van der Waals surface area contributed by atoms with E-state index in [2.05, 4.69) is 37.9 Å². The molecule has 0 radical (unpaired) electrons. The van der Waals surface area contributed by atoms with E-state index in [9.17, 15) is 4.39 Å². The van der Waals surface area contributed by atoms with Crippen molar-refractivity contribution in [1.29, 1.82) is 0 Å². The van der Waals surface area contributed by atoms with Gasteiger partial charge in [-0.1, -0.05) is 50.9 Å². The van der Waals surface area contributed by atoms with Crippen molar-refractivity contribution in [2.24, 2.45) is 11.8 Å². The number of hydrogen-bond acceptors (Lipinski definition) is 2. The van der Waals surface area contributed by atoms with Crippen LogP contribution in [0.25, 0.3) is 0 Å². The molecule has 0 aliphatic carbocycles. The molecule has 0 saturated carbocycles. The third-order valence-electron chi connectivity index (χ3n) is 4.26. The van der Waals surface area contributed by atoms with Gasteiger partial charge in [-0.3, -0.25) is 0 Å². The molecule has 0 aromatic heterocycles. The molecule has 1 saturated heterocycles. The fourth-order valence-corrected chi connectivity index (χ4v) is 3.32. The van der Waals surface area contributed by atoms with Gasteiger partial charge in [-0.2, -0.15) is 0 Å². The molecule has 2 unspecified atom stereocenters. The Morgan fingerprint density at radius 3 is 2.19 bits per heavy atom. The van der Waals surface area contributed by atoms with Crippen LogP contribution in [0.4, 0.5) is 10.1 Å². The van der Waals surface area contributed by atoms with Gasteiger partial charge in [0.2, 0.25) is 0 Å². The quantitative estimate of drug-likeness (QED) is 0.814. The summed E-state index contributed by atoms with van der Waals surface area (Å²) in [5.74, 6) is 0.471. The minimum atomic E-state index is -0.543. The van der Waals surface area contributed by atoms with Crippen LogP contribution < -0.4 is 10.2 Å². The summed E-state index contributed by atoms with van der Waals surface area (Å²) < 4.78 is 13.6. The summed E-state index contributed by atoms with van der Waals surface area (Å²) in [5, 5.41) is 3.77. The summed E-state index contributed by atoms with van der Waals surface area (Å²) in [6, 6.07) is 4.11. The number of piperazine rings is 1. The lowest BCUT2D eigenvalue weighted by atomic mass is 9.93.